The van der Waals surface area contributed by atoms with Gasteiger partial charge in [0.2, 0.25) is 11.7 Å². The third kappa shape index (κ3) is 3.33. The van der Waals surface area contributed by atoms with E-state index in [4.69, 9.17) is 4.52 Å². The molecule has 2 aromatic rings. The maximum Gasteiger partial charge on any atom is 0.241 e. The van der Waals surface area contributed by atoms with Crippen molar-refractivity contribution in [2.24, 2.45) is 0 Å². The second-order valence-electron chi connectivity index (χ2n) is 5.46. The molecule has 21 heavy (non-hydrogen) atoms. The fourth-order valence-electron chi connectivity index (χ4n) is 2.57. The molecule has 3 rings (SSSR count). The molecular formula is C15H19BrN4O. The van der Waals surface area contributed by atoms with E-state index in [1.807, 2.05) is 0 Å². The number of aromatic nitrogens is 2. The molecule has 1 N–H and O–H groups in total. The Morgan fingerprint density at radius 3 is 2.57 bits per heavy atom. The molecule has 1 fully saturated rings. The van der Waals surface area contributed by atoms with Crippen molar-refractivity contribution in [3.05, 3.63) is 33.6 Å². The van der Waals surface area contributed by atoms with E-state index in [9.17, 15) is 0 Å². The largest absolute Gasteiger partial charge is 0.338 e. The monoisotopic (exact) mass is 350 g/mol. The predicted molar refractivity (Wildman–Crippen MR) is 85.1 cm³/mol. The lowest BCUT2D eigenvalue weighted by Crippen LogP contribution is -2.42. The predicted octanol–water partition coefficient (Wildman–Crippen LogP) is 2.52. The number of benzene rings is 1. The van der Waals surface area contributed by atoms with Crippen LogP contribution in [0.25, 0.3) is 11.4 Å². The van der Waals surface area contributed by atoms with Crippen molar-refractivity contribution in [3.63, 3.8) is 0 Å². The quantitative estimate of drug-likeness (QED) is 0.921. The molecule has 1 aromatic carbocycles. The normalized spacial score (nSPS) is 16.3. The number of rotatable bonds is 3. The van der Waals surface area contributed by atoms with E-state index < -0.39 is 0 Å². The van der Waals surface area contributed by atoms with Gasteiger partial charge in [0, 0.05) is 36.2 Å². The second-order valence-corrected chi connectivity index (χ2v) is 6.25. The summed E-state index contributed by atoms with van der Waals surface area (Å²) in [6, 6.07) is 4.16. The van der Waals surface area contributed by atoms with Gasteiger partial charge < -0.3 is 9.84 Å². The lowest BCUT2D eigenvalue weighted by Gasteiger charge is -2.25. The molecule has 5 nitrogen and oxygen atoms in total. The molecule has 1 saturated heterocycles. The first-order valence-corrected chi connectivity index (χ1v) is 7.95. The molecule has 1 aliphatic rings. The number of halogens is 1. The molecule has 0 atom stereocenters. The van der Waals surface area contributed by atoms with E-state index in [0.29, 0.717) is 11.7 Å². The summed E-state index contributed by atoms with van der Waals surface area (Å²) < 4.78 is 6.53. The molecule has 1 aromatic heterocycles. The van der Waals surface area contributed by atoms with Gasteiger partial charge in [-0.25, -0.2) is 0 Å². The smallest absolute Gasteiger partial charge is 0.241 e. The van der Waals surface area contributed by atoms with Crippen molar-refractivity contribution in [1.29, 1.82) is 0 Å². The maximum atomic E-state index is 5.40. The Hall–Kier alpha value is -1.24. The van der Waals surface area contributed by atoms with E-state index in [-0.39, 0.29) is 0 Å². The number of nitrogens with one attached hydrogen (secondary N) is 1. The highest BCUT2D eigenvalue weighted by Crippen LogP contribution is 2.27. The van der Waals surface area contributed by atoms with Crippen LogP contribution in [0.5, 0.6) is 0 Å². The van der Waals surface area contributed by atoms with Crippen LogP contribution in [0.4, 0.5) is 0 Å². The molecule has 0 amide bonds. The molecule has 2 heterocycles. The maximum absolute atomic E-state index is 5.40. The average molecular weight is 351 g/mol. The second kappa shape index (κ2) is 6.25. The standard InChI is InChI=1S/C15H19BrN4O/c1-10-7-12(8-11(2)14(10)16)15-18-13(21-19-15)9-20-5-3-17-4-6-20/h7-8,17H,3-6,9H2,1-2H3. The average Bonchev–Trinajstić information content (AvgIpc) is 2.94. The first-order valence-electron chi connectivity index (χ1n) is 7.16. The van der Waals surface area contributed by atoms with Crippen molar-refractivity contribution in [1.82, 2.24) is 20.4 Å². The zero-order valence-electron chi connectivity index (χ0n) is 12.3. The zero-order valence-corrected chi connectivity index (χ0v) is 13.9. The van der Waals surface area contributed by atoms with Crippen LogP contribution in [0.2, 0.25) is 0 Å². The molecule has 0 aliphatic carbocycles. The van der Waals surface area contributed by atoms with E-state index in [2.05, 4.69) is 62.3 Å². The topological polar surface area (TPSA) is 54.2 Å². The number of hydrogen-bond acceptors (Lipinski definition) is 5. The van der Waals surface area contributed by atoms with Gasteiger partial charge in [-0.3, -0.25) is 4.90 Å². The summed E-state index contributed by atoms with van der Waals surface area (Å²) in [5.74, 6) is 1.35. The van der Waals surface area contributed by atoms with Crippen LogP contribution in [0, 0.1) is 13.8 Å². The third-order valence-corrected chi connectivity index (χ3v) is 4.98. The Balaban J connectivity index is 1.78. The van der Waals surface area contributed by atoms with Crippen LogP contribution in [0.3, 0.4) is 0 Å². The van der Waals surface area contributed by atoms with Gasteiger partial charge in [0.05, 0.1) is 6.54 Å². The number of piperazine rings is 1. The van der Waals surface area contributed by atoms with Gasteiger partial charge >= 0.3 is 0 Å². The van der Waals surface area contributed by atoms with Gasteiger partial charge in [-0.1, -0.05) is 21.1 Å². The number of aryl methyl sites for hydroxylation is 2. The molecule has 0 saturated carbocycles. The van der Waals surface area contributed by atoms with Crippen molar-refractivity contribution in [2.45, 2.75) is 20.4 Å². The molecule has 6 heteroatoms. The van der Waals surface area contributed by atoms with Gasteiger partial charge in [-0.15, -0.1) is 0 Å². The SMILES string of the molecule is Cc1cc(-c2noc(CN3CCNCC3)n2)cc(C)c1Br. The Morgan fingerprint density at radius 2 is 1.90 bits per heavy atom. The Morgan fingerprint density at radius 1 is 1.24 bits per heavy atom. The van der Waals surface area contributed by atoms with Gasteiger partial charge in [-0.2, -0.15) is 4.98 Å². The Kier molecular flexibility index (Phi) is 4.37. The van der Waals surface area contributed by atoms with Crippen LogP contribution in [-0.2, 0) is 6.54 Å². The van der Waals surface area contributed by atoms with Crippen molar-refractivity contribution >= 4 is 15.9 Å². The molecule has 0 radical (unpaired) electrons. The Bertz CT molecular complexity index is 611. The summed E-state index contributed by atoms with van der Waals surface area (Å²) >= 11 is 3.58. The van der Waals surface area contributed by atoms with E-state index in [1.54, 1.807) is 0 Å². The number of nitrogens with zero attached hydrogens (tertiary/aromatic N) is 3. The fraction of sp³-hybridized carbons (Fsp3) is 0.467. The van der Waals surface area contributed by atoms with Crippen molar-refractivity contribution in [2.75, 3.05) is 26.2 Å². The fourth-order valence-corrected chi connectivity index (χ4v) is 2.80. The molecule has 112 valence electrons. The minimum Gasteiger partial charge on any atom is -0.338 e. The molecule has 0 unspecified atom stereocenters. The summed E-state index contributed by atoms with van der Waals surface area (Å²) in [5.41, 5.74) is 3.36. The van der Waals surface area contributed by atoms with E-state index >= 15 is 0 Å². The van der Waals surface area contributed by atoms with Crippen LogP contribution in [0.1, 0.15) is 17.0 Å². The summed E-state index contributed by atoms with van der Waals surface area (Å²) in [7, 11) is 0. The molecule has 0 bridgehead atoms. The van der Waals surface area contributed by atoms with E-state index in [1.165, 1.54) is 11.1 Å². The third-order valence-electron chi connectivity index (χ3n) is 3.73. The lowest BCUT2D eigenvalue weighted by atomic mass is 10.1. The lowest BCUT2D eigenvalue weighted by molar-refractivity contribution is 0.203. The molecule has 0 spiro atoms. The molecule has 1 aliphatic heterocycles. The van der Waals surface area contributed by atoms with Gasteiger partial charge in [0.25, 0.3) is 0 Å². The highest BCUT2D eigenvalue weighted by Gasteiger charge is 2.15. The van der Waals surface area contributed by atoms with Crippen molar-refractivity contribution < 1.29 is 4.52 Å². The number of hydrogen-bond donors (Lipinski definition) is 1. The minimum atomic E-state index is 0.666. The molecular weight excluding hydrogens is 332 g/mol. The minimum absolute atomic E-state index is 0.666. The summed E-state index contributed by atoms with van der Waals surface area (Å²) in [4.78, 5) is 6.86. The first-order chi connectivity index (χ1) is 10.1. The van der Waals surface area contributed by atoms with Crippen LogP contribution in [0.15, 0.2) is 21.1 Å². The van der Waals surface area contributed by atoms with Gasteiger partial charge in [0.15, 0.2) is 0 Å². The van der Waals surface area contributed by atoms with Crippen molar-refractivity contribution in [3.8, 4) is 11.4 Å². The summed E-state index contributed by atoms with van der Waals surface area (Å²) in [6.07, 6.45) is 0. The van der Waals surface area contributed by atoms with Crippen LogP contribution < -0.4 is 5.32 Å². The van der Waals surface area contributed by atoms with Gasteiger partial charge in [0.1, 0.15) is 0 Å². The summed E-state index contributed by atoms with van der Waals surface area (Å²) in [5, 5.41) is 7.46. The zero-order chi connectivity index (χ0) is 14.8. The highest BCUT2D eigenvalue weighted by atomic mass is 79.9. The van der Waals surface area contributed by atoms with E-state index in [0.717, 1.165) is 42.8 Å². The van der Waals surface area contributed by atoms with Gasteiger partial charge in [-0.05, 0) is 37.1 Å². The van der Waals surface area contributed by atoms with Crippen LogP contribution >= 0.6 is 15.9 Å². The summed E-state index contributed by atoms with van der Waals surface area (Å²) in [6.45, 7) is 8.95. The Labute approximate surface area is 132 Å². The van der Waals surface area contributed by atoms with Crippen LogP contribution in [-0.4, -0.2) is 41.2 Å². The first kappa shape index (κ1) is 14.7. The highest BCUT2D eigenvalue weighted by molar-refractivity contribution is 9.10.